The summed E-state index contributed by atoms with van der Waals surface area (Å²) in [5.74, 6) is 0.619. The molecular weight excluding hydrogens is 309 g/mol. The van der Waals surface area contributed by atoms with Gasteiger partial charge < -0.3 is 15.2 Å². The van der Waals surface area contributed by atoms with Crippen LogP contribution in [0.2, 0.25) is 0 Å². The summed E-state index contributed by atoms with van der Waals surface area (Å²) >= 11 is 0. The molecule has 1 aliphatic heterocycles. The highest BCUT2D eigenvalue weighted by atomic mass is 32.2. The first kappa shape index (κ1) is 16.9. The van der Waals surface area contributed by atoms with Crippen LogP contribution in [-0.4, -0.2) is 40.5 Å². The first-order valence-electron chi connectivity index (χ1n) is 7.06. The summed E-state index contributed by atoms with van der Waals surface area (Å²) in [5, 5.41) is 0. The predicted octanol–water partition coefficient (Wildman–Crippen LogP) is 1.69. The standard InChI is InChI=1S/C15H20FNO4S/c16-7-13(8-17)10-21-14-1-3-15(4-2-14)22(18,19)11-12-5-6-20-9-12/h1-4,7,12H,5-6,8-11,17H2/b13-7+/t12-/m0/s1. The van der Waals surface area contributed by atoms with Gasteiger partial charge in [-0.15, -0.1) is 0 Å². The molecule has 0 bridgehead atoms. The van der Waals surface area contributed by atoms with Crippen molar-refractivity contribution in [2.24, 2.45) is 11.7 Å². The van der Waals surface area contributed by atoms with Gasteiger partial charge in [0.05, 0.1) is 23.6 Å². The molecular formula is C15H20FNO4S. The summed E-state index contributed by atoms with van der Waals surface area (Å²) in [6.07, 6.45) is 1.19. The van der Waals surface area contributed by atoms with Crippen molar-refractivity contribution in [3.8, 4) is 5.75 Å². The van der Waals surface area contributed by atoms with Crippen LogP contribution in [0.1, 0.15) is 6.42 Å². The van der Waals surface area contributed by atoms with Gasteiger partial charge in [0, 0.05) is 18.7 Å². The Morgan fingerprint density at radius 3 is 2.68 bits per heavy atom. The topological polar surface area (TPSA) is 78.6 Å². The lowest BCUT2D eigenvalue weighted by atomic mass is 10.2. The van der Waals surface area contributed by atoms with Gasteiger partial charge in [-0.2, -0.15) is 0 Å². The molecule has 0 amide bonds. The van der Waals surface area contributed by atoms with Crippen LogP contribution < -0.4 is 10.5 Å². The minimum absolute atomic E-state index is 0.0402. The summed E-state index contributed by atoms with van der Waals surface area (Å²) in [6, 6.07) is 6.12. The summed E-state index contributed by atoms with van der Waals surface area (Å²) in [4.78, 5) is 0.256. The van der Waals surface area contributed by atoms with Gasteiger partial charge in [-0.05, 0) is 36.6 Å². The average Bonchev–Trinajstić information content (AvgIpc) is 3.01. The number of rotatable bonds is 7. The van der Waals surface area contributed by atoms with Gasteiger partial charge in [-0.1, -0.05) is 0 Å². The second-order valence-electron chi connectivity index (χ2n) is 5.24. The first-order chi connectivity index (χ1) is 10.5. The van der Waals surface area contributed by atoms with Crippen molar-refractivity contribution in [3.63, 3.8) is 0 Å². The molecule has 7 heteroatoms. The number of ether oxygens (including phenoxy) is 2. The molecule has 1 aliphatic rings. The normalized spacial score (nSPS) is 19.4. The molecule has 0 aromatic heterocycles. The molecule has 1 aromatic carbocycles. The van der Waals surface area contributed by atoms with Gasteiger partial charge >= 0.3 is 0 Å². The van der Waals surface area contributed by atoms with E-state index in [1.807, 2.05) is 0 Å². The second-order valence-corrected chi connectivity index (χ2v) is 7.28. The fourth-order valence-corrected chi connectivity index (χ4v) is 3.80. The minimum atomic E-state index is -3.33. The number of sulfone groups is 1. The van der Waals surface area contributed by atoms with Crippen LogP contribution in [0.25, 0.3) is 0 Å². The van der Waals surface area contributed by atoms with Crippen molar-refractivity contribution in [1.82, 2.24) is 0 Å². The van der Waals surface area contributed by atoms with Crippen LogP contribution in [0.3, 0.4) is 0 Å². The van der Waals surface area contributed by atoms with Crippen LogP contribution >= 0.6 is 0 Å². The van der Waals surface area contributed by atoms with E-state index >= 15 is 0 Å². The first-order valence-corrected chi connectivity index (χ1v) is 8.72. The Bertz CT molecular complexity index is 607. The highest BCUT2D eigenvalue weighted by Gasteiger charge is 2.24. The predicted molar refractivity (Wildman–Crippen MR) is 81.2 cm³/mol. The molecule has 1 atom stereocenters. The Morgan fingerprint density at radius 1 is 1.41 bits per heavy atom. The van der Waals surface area contributed by atoms with E-state index < -0.39 is 9.84 Å². The zero-order valence-electron chi connectivity index (χ0n) is 12.2. The van der Waals surface area contributed by atoms with E-state index in [9.17, 15) is 12.8 Å². The largest absolute Gasteiger partial charge is 0.489 e. The number of hydrogen-bond acceptors (Lipinski definition) is 5. The van der Waals surface area contributed by atoms with Gasteiger partial charge in [0.25, 0.3) is 0 Å². The summed E-state index contributed by atoms with van der Waals surface area (Å²) in [7, 11) is -3.33. The molecule has 1 heterocycles. The fourth-order valence-electron chi connectivity index (χ4n) is 2.18. The SMILES string of the molecule is NC/C(=C\F)COc1ccc(S(=O)(=O)C[C@H]2CCOC2)cc1. The monoisotopic (exact) mass is 329 g/mol. The molecule has 0 saturated carbocycles. The lowest BCUT2D eigenvalue weighted by Crippen LogP contribution is -2.16. The van der Waals surface area contributed by atoms with E-state index in [-0.39, 0.29) is 29.7 Å². The van der Waals surface area contributed by atoms with Crippen LogP contribution in [0.5, 0.6) is 5.75 Å². The molecule has 2 rings (SSSR count). The molecule has 0 aliphatic carbocycles. The molecule has 1 aromatic rings. The Morgan fingerprint density at radius 2 is 2.14 bits per heavy atom. The Balaban J connectivity index is 1.98. The zero-order chi connectivity index (χ0) is 16.0. The van der Waals surface area contributed by atoms with Crippen LogP contribution in [0.4, 0.5) is 4.39 Å². The van der Waals surface area contributed by atoms with Crippen molar-refractivity contribution in [3.05, 3.63) is 36.2 Å². The molecule has 2 N–H and O–H groups in total. The maximum Gasteiger partial charge on any atom is 0.178 e. The van der Waals surface area contributed by atoms with Gasteiger partial charge in [0.15, 0.2) is 9.84 Å². The molecule has 0 spiro atoms. The lowest BCUT2D eigenvalue weighted by molar-refractivity contribution is 0.188. The fraction of sp³-hybridized carbons (Fsp3) is 0.467. The Labute approximate surface area is 129 Å². The van der Waals surface area contributed by atoms with Crippen molar-refractivity contribution >= 4 is 9.84 Å². The van der Waals surface area contributed by atoms with E-state index in [1.54, 1.807) is 12.1 Å². The van der Waals surface area contributed by atoms with Gasteiger partial charge in [-0.3, -0.25) is 0 Å². The zero-order valence-corrected chi connectivity index (χ0v) is 13.0. The van der Waals surface area contributed by atoms with Crippen molar-refractivity contribution in [2.75, 3.05) is 32.1 Å². The lowest BCUT2D eigenvalue weighted by Gasteiger charge is -2.10. The smallest absolute Gasteiger partial charge is 0.178 e. The van der Waals surface area contributed by atoms with Gasteiger partial charge in [-0.25, -0.2) is 12.8 Å². The van der Waals surface area contributed by atoms with Gasteiger partial charge in [0.1, 0.15) is 12.4 Å². The summed E-state index contributed by atoms with van der Waals surface area (Å²) in [5.41, 5.74) is 5.66. The number of benzene rings is 1. The Hall–Kier alpha value is -1.44. The maximum absolute atomic E-state index is 12.4. The Kier molecular flexibility index (Phi) is 5.93. The third-order valence-corrected chi connectivity index (χ3v) is 5.40. The van der Waals surface area contributed by atoms with Crippen LogP contribution in [-0.2, 0) is 14.6 Å². The van der Waals surface area contributed by atoms with E-state index in [4.69, 9.17) is 15.2 Å². The maximum atomic E-state index is 12.4. The molecule has 22 heavy (non-hydrogen) atoms. The summed E-state index contributed by atoms with van der Waals surface area (Å²) < 4.78 is 47.5. The molecule has 1 fully saturated rings. The van der Waals surface area contributed by atoms with Crippen molar-refractivity contribution in [1.29, 1.82) is 0 Å². The van der Waals surface area contributed by atoms with E-state index in [1.165, 1.54) is 12.1 Å². The van der Waals surface area contributed by atoms with Crippen LogP contribution in [0, 0.1) is 5.92 Å². The highest BCUT2D eigenvalue weighted by Crippen LogP contribution is 2.22. The van der Waals surface area contributed by atoms with E-state index in [0.717, 1.165) is 6.42 Å². The van der Waals surface area contributed by atoms with E-state index in [0.29, 0.717) is 30.9 Å². The van der Waals surface area contributed by atoms with Crippen molar-refractivity contribution in [2.45, 2.75) is 11.3 Å². The van der Waals surface area contributed by atoms with E-state index in [2.05, 4.69) is 0 Å². The second kappa shape index (κ2) is 7.71. The van der Waals surface area contributed by atoms with Crippen LogP contribution in [0.15, 0.2) is 41.1 Å². The minimum Gasteiger partial charge on any atom is -0.489 e. The molecule has 0 radical (unpaired) electrons. The molecule has 0 unspecified atom stereocenters. The summed E-state index contributed by atoms with van der Waals surface area (Å²) in [6.45, 7) is 1.24. The molecule has 5 nitrogen and oxygen atoms in total. The molecule has 122 valence electrons. The number of nitrogens with two attached hydrogens (primary N) is 1. The molecule has 1 saturated heterocycles. The number of hydrogen-bond donors (Lipinski definition) is 1. The van der Waals surface area contributed by atoms with Gasteiger partial charge in [0.2, 0.25) is 0 Å². The average molecular weight is 329 g/mol. The highest BCUT2D eigenvalue weighted by molar-refractivity contribution is 7.91. The quantitative estimate of drug-likeness (QED) is 0.823. The van der Waals surface area contributed by atoms with Crippen molar-refractivity contribution < 1.29 is 22.3 Å². The third-order valence-electron chi connectivity index (χ3n) is 3.50. The number of halogens is 1. The third kappa shape index (κ3) is 4.53.